The van der Waals surface area contributed by atoms with Crippen molar-refractivity contribution < 1.29 is 9.47 Å². The van der Waals surface area contributed by atoms with Crippen LogP contribution in [-0.4, -0.2) is 25.4 Å². The zero-order chi connectivity index (χ0) is 15.9. The van der Waals surface area contributed by atoms with E-state index in [-0.39, 0.29) is 5.41 Å². The molecule has 4 rings (SSSR count). The minimum atomic E-state index is -0.0169. The monoisotopic (exact) mass is 308 g/mol. The Hall–Kier alpha value is -1.64. The van der Waals surface area contributed by atoms with Crippen LogP contribution in [0.4, 0.5) is 0 Å². The normalized spacial score (nSPS) is 22.9. The Labute approximate surface area is 138 Å². The molecule has 2 fully saturated rings. The zero-order valence-corrected chi connectivity index (χ0v) is 13.9. The van der Waals surface area contributed by atoms with Gasteiger partial charge in [0.15, 0.2) is 0 Å². The van der Waals surface area contributed by atoms with Crippen molar-refractivity contribution in [2.45, 2.75) is 44.3 Å². The summed E-state index contributed by atoms with van der Waals surface area (Å²) in [6, 6.07) is 17.7. The van der Waals surface area contributed by atoms with Gasteiger partial charge in [-0.2, -0.15) is 0 Å². The zero-order valence-electron chi connectivity index (χ0n) is 13.9. The van der Waals surface area contributed by atoms with E-state index in [0.717, 1.165) is 26.1 Å². The SMILES string of the molecule is CC(C)(c1ccccc1CC1CO1)c1ccccc1CC1CO1. The van der Waals surface area contributed by atoms with E-state index in [9.17, 15) is 0 Å². The molecule has 0 aromatic heterocycles. The number of epoxide rings is 2. The molecular formula is C21H24O2. The lowest BCUT2D eigenvalue weighted by Crippen LogP contribution is -2.23. The lowest BCUT2D eigenvalue weighted by Gasteiger charge is -2.30. The van der Waals surface area contributed by atoms with Crippen LogP contribution in [0.25, 0.3) is 0 Å². The molecule has 2 heteroatoms. The summed E-state index contributed by atoms with van der Waals surface area (Å²) in [6.45, 7) is 6.49. The molecule has 0 saturated carbocycles. The first-order valence-corrected chi connectivity index (χ1v) is 8.54. The molecule has 0 radical (unpaired) electrons. The third-order valence-electron chi connectivity index (χ3n) is 5.08. The van der Waals surface area contributed by atoms with Crippen LogP contribution < -0.4 is 0 Å². The van der Waals surface area contributed by atoms with Gasteiger partial charge in [-0.3, -0.25) is 0 Å². The highest BCUT2D eigenvalue weighted by molar-refractivity contribution is 5.46. The van der Waals surface area contributed by atoms with Crippen molar-refractivity contribution in [1.29, 1.82) is 0 Å². The fourth-order valence-corrected chi connectivity index (χ4v) is 3.62. The van der Waals surface area contributed by atoms with Gasteiger partial charge in [0.1, 0.15) is 0 Å². The Morgan fingerprint density at radius 1 is 0.783 bits per heavy atom. The predicted molar refractivity (Wildman–Crippen MR) is 91.9 cm³/mol. The van der Waals surface area contributed by atoms with Crippen molar-refractivity contribution in [2.24, 2.45) is 0 Å². The molecule has 0 spiro atoms. The van der Waals surface area contributed by atoms with Crippen LogP contribution in [0.5, 0.6) is 0 Å². The van der Waals surface area contributed by atoms with Crippen molar-refractivity contribution in [3.05, 3.63) is 70.8 Å². The summed E-state index contributed by atoms with van der Waals surface area (Å²) in [5.74, 6) is 0. The smallest absolute Gasteiger partial charge is 0.0850 e. The van der Waals surface area contributed by atoms with Crippen LogP contribution in [-0.2, 0) is 27.7 Å². The van der Waals surface area contributed by atoms with Crippen molar-refractivity contribution in [3.63, 3.8) is 0 Å². The van der Waals surface area contributed by atoms with E-state index in [2.05, 4.69) is 62.4 Å². The van der Waals surface area contributed by atoms with E-state index in [4.69, 9.17) is 9.47 Å². The van der Waals surface area contributed by atoms with E-state index < -0.39 is 0 Å². The fourth-order valence-electron chi connectivity index (χ4n) is 3.62. The predicted octanol–water partition coefficient (Wildman–Crippen LogP) is 3.90. The lowest BCUT2D eigenvalue weighted by atomic mass is 9.73. The molecule has 2 unspecified atom stereocenters. The molecule has 2 aliphatic heterocycles. The highest BCUT2D eigenvalue weighted by atomic mass is 16.6. The van der Waals surface area contributed by atoms with Gasteiger partial charge in [0.25, 0.3) is 0 Å². The molecule has 120 valence electrons. The van der Waals surface area contributed by atoms with Crippen molar-refractivity contribution in [2.75, 3.05) is 13.2 Å². The average Bonchev–Trinajstić information content (AvgIpc) is 3.45. The van der Waals surface area contributed by atoms with Gasteiger partial charge in [0.2, 0.25) is 0 Å². The highest BCUT2D eigenvalue weighted by Crippen LogP contribution is 2.37. The number of ether oxygens (including phenoxy) is 2. The number of hydrogen-bond acceptors (Lipinski definition) is 2. The quantitative estimate of drug-likeness (QED) is 0.756. The van der Waals surface area contributed by atoms with Gasteiger partial charge in [-0.15, -0.1) is 0 Å². The second kappa shape index (κ2) is 5.77. The summed E-state index contributed by atoms with van der Waals surface area (Å²) in [7, 11) is 0. The summed E-state index contributed by atoms with van der Waals surface area (Å²) in [4.78, 5) is 0. The van der Waals surface area contributed by atoms with Crippen LogP contribution in [0, 0.1) is 0 Å². The Morgan fingerprint density at radius 3 is 1.57 bits per heavy atom. The fraction of sp³-hybridized carbons (Fsp3) is 0.429. The van der Waals surface area contributed by atoms with E-state index in [1.54, 1.807) is 0 Å². The van der Waals surface area contributed by atoms with Crippen LogP contribution in [0.3, 0.4) is 0 Å². The molecule has 2 saturated heterocycles. The van der Waals surface area contributed by atoms with Gasteiger partial charge in [-0.25, -0.2) is 0 Å². The summed E-state index contributed by atoms with van der Waals surface area (Å²) >= 11 is 0. The molecule has 2 nitrogen and oxygen atoms in total. The molecule has 2 aromatic rings. The van der Waals surface area contributed by atoms with Crippen LogP contribution in [0.1, 0.15) is 36.1 Å². The molecule has 0 N–H and O–H groups in total. The summed E-state index contributed by atoms with van der Waals surface area (Å²) in [6.07, 6.45) is 2.88. The van der Waals surface area contributed by atoms with Crippen molar-refractivity contribution in [1.82, 2.24) is 0 Å². The first-order chi connectivity index (χ1) is 11.1. The van der Waals surface area contributed by atoms with E-state index >= 15 is 0 Å². The molecule has 0 aliphatic carbocycles. The Balaban J connectivity index is 1.72. The largest absolute Gasteiger partial charge is 0.373 e. The van der Waals surface area contributed by atoms with Gasteiger partial charge in [0, 0.05) is 18.3 Å². The molecule has 0 bridgehead atoms. The first kappa shape index (κ1) is 14.9. The van der Waals surface area contributed by atoms with E-state index in [1.807, 2.05) is 0 Å². The number of benzene rings is 2. The molecule has 0 amide bonds. The van der Waals surface area contributed by atoms with Gasteiger partial charge < -0.3 is 9.47 Å². The molecule has 2 atom stereocenters. The van der Waals surface area contributed by atoms with Gasteiger partial charge in [0.05, 0.1) is 25.4 Å². The molecule has 2 aliphatic rings. The number of rotatable bonds is 6. The van der Waals surface area contributed by atoms with Crippen LogP contribution in [0.2, 0.25) is 0 Å². The Kier molecular flexibility index (Phi) is 3.74. The van der Waals surface area contributed by atoms with Crippen molar-refractivity contribution in [3.8, 4) is 0 Å². The minimum absolute atomic E-state index is 0.0169. The Bertz CT molecular complexity index is 637. The summed E-state index contributed by atoms with van der Waals surface area (Å²) in [5.41, 5.74) is 5.64. The maximum atomic E-state index is 5.45. The molecule has 2 heterocycles. The second-order valence-corrected chi connectivity index (χ2v) is 7.26. The molecule has 23 heavy (non-hydrogen) atoms. The highest BCUT2D eigenvalue weighted by Gasteiger charge is 2.32. The molecular weight excluding hydrogens is 284 g/mol. The maximum Gasteiger partial charge on any atom is 0.0850 e. The summed E-state index contributed by atoms with van der Waals surface area (Å²) < 4.78 is 10.9. The van der Waals surface area contributed by atoms with Crippen molar-refractivity contribution >= 4 is 0 Å². The second-order valence-electron chi connectivity index (χ2n) is 7.26. The number of hydrogen-bond donors (Lipinski definition) is 0. The van der Waals surface area contributed by atoms with E-state index in [1.165, 1.54) is 22.3 Å². The Morgan fingerprint density at radius 2 is 1.17 bits per heavy atom. The first-order valence-electron chi connectivity index (χ1n) is 8.54. The molecule has 2 aromatic carbocycles. The summed E-state index contributed by atoms with van der Waals surface area (Å²) in [5, 5.41) is 0. The van der Waals surface area contributed by atoms with E-state index in [0.29, 0.717) is 12.2 Å². The third-order valence-corrected chi connectivity index (χ3v) is 5.08. The lowest BCUT2D eigenvalue weighted by molar-refractivity contribution is 0.405. The average molecular weight is 308 g/mol. The van der Waals surface area contributed by atoms with Crippen LogP contribution in [0.15, 0.2) is 48.5 Å². The topological polar surface area (TPSA) is 25.1 Å². The maximum absolute atomic E-state index is 5.45. The standard InChI is InChI=1S/C21H24O2/c1-21(2,19-9-5-3-7-15(19)11-17-13-22-17)20-10-6-4-8-16(20)12-18-14-23-18/h3-10,17-18H,11-14H2,1-2H3. The third kappa shape index (κ3) is 3.19. The minimum Gasteiger partial charge on any atom is -0.373 e. The van der Waals surface area contributed by atoms with Gasteiger partial charge in [-0.1, -0.05) is 62.4 Å². The van der Waals surface area contributed by atoms with Gasteiger partial charge >= 0.3 is 0 Å². The van der Waals surface area contributed by atoms with Gasteiger partial charge in [-0.05, 0) is 22.3 Å². The van der Waals surface area contributed by atoms with Crippen LogP contribution >= 0.6 is 0 Å².